The van der Waals surface area contributed by atoms with Gasteiger partial charge in [-0.05, 0) is 25.5 Å². The minimum absolute atomic E-state index is 0.00917. The Hall–Kier alpha value is -3.14. The molecule has 3 aromatic heterocycles. The highest BCUT2D eigenvalue weighted by molar-refractivity contribution is 6.02. The molecule has 0 radical (unpaired) electrons. The van der Waals surface area contributed by atoms with Gasteiger partial charge >= 0.3 is 0 Å². The summed E-state index contributed by atoms with van der Waals surface area (Å²) < 4.78 is 3.51. The molecule has 3 aromatic rings. The van der Waals surface area contributed by atoms with Gasteiger partial charge in [-0.1, -0.05) is 0 Å². The maximum atomic E-state index is 12.5. The maximum absolute atomic E-state index is 12.5. The molecule has 1 fully saturated rings. The van der Waals surface area contributed by atoms with Crippen LogP contribution in [0.15, 0.2) is 36.9 Å². The molecule has 1 aliphatic heterocycles. The minimum Gasteiger partial charge on any atom is -0.306 e. The number of aryl methyl sites for hydroxylation is 1. The minimum atomic E-state index is -0.569. The molecule has 0 bridgehead atoms. The Morgan fingerprint density at radius 3 is 2.79 bits per heavy atom. The lowest BCUT2D eigenvalue weighted by molar-refractivity contribution is -0.119. The Morgan fingerprint density at radius 2 is 2.12 bits per heavy atom. The number of fused-ring (bicyclic) bond motifs is 1. The van der Waals surface area contributed by atoms with Gasteiger partial charge in [-0.3, -0.25) is 9.48 Å². The molecule has 1 aliphatic rings. The van der Waals surface area contributed by atoms with Gasteiger partial charge < -0.3 is 4.90 Å². The van der Waals surface area contributed by atoms with E-state index in [4.69, 9.17) is 5.26 Å². The van der Waals surface area contributed by atoms with E-state index in [1.165, 1.54) is 0 Å². The smallest absolute Gasteiger partial charge is 0.244 e. The first kappa shape index (κ1) is 14.5. The Labute approximate surface area is 138 Å². The fraction of sp³-hybridized carbons (Fsp3) is 0.294. The van der Waals surface area contributed by atoms with E-state index in [2.05, 4.69) is 16.3 Å². The molecule has 0 aromatic carbocycles. The van der Waals surface area contributed by atoms with Crippen molar-refractivity contribution in [2.75, 3.05) is 4.90 Å². The van der Waals surface area contributed by atoms with Crippen LogP contribution in [0.1, 0.15) is 13.3 Å². The number of rotatable bonds is 2. The van der Waals surface area contributed by atoms with Crippen LogP contribution in [0.25, 0.3) is 16.6 Å². The lowest BCUT2D eigenvalue weighted by Crippen LogP contribution is -2.32. The van der Waals surface area contributed by atoms with Crippen LogP contribution in [0.4, 0.5) is 5.69 Å². The average Bonchev–Trinajstić information content (AvgIpc) is 3.24. The van der Waals surface area contributed by atoms with E-state index in [-0.39, 0.29) is 11.9 Å². The highest BCUT2D eigenvalue weighted by atomic mass is 16.2. The third-order valence-electron chi connectivity index (χ3n) is 4.49. The van der Waals surface area contributed by atoms with E-state index in [9.17, 15) is 4.79 Å². The standard InChI is InChI=1S/C17H16N6O/c1-11-5-12(7-18)17(24)23(11)15-3-4-19-22-10-13(6-16(15)22)14-8-20-21(2)9-14/h3-4,6,8-12H,5H2,1-2H3. The third kappa shape index (κ3) is 2.07. The van der Waals surface area contributed by atoms with E-state index < -0.39 is 5.92 Å². The number of amides is 1. The topological polar surface area (TPSA) is 79.2 Å². The van der Waals surface area contributed by atoms with Crippen molar-refractivity contribution in [2.24, 2.45) is 13.0 Å². The first-order valence-electron chi connectivity index (χ1n) is 7.77. The molecule has 4 heterocycles. The number of carbonyl (C=O) groups excluding carboxylic acids is 1. The largest absolute Gasteiger partial charge is 0.306 e. The van der Waals surface area contributed by atoms with Crippen LogP contribution in [-0.2, 0) is 11.8 Å². The highest BCUT2D eigenvalue weighted by Gasteiger charge is 2.38. The number of hydrogen-bond donors (Lipinski definition) is 0. The number of aromatic nitrogens is 4. The number of nitrogens with zero attached hydrogens (tertiary/aromatic N) is 6. The van der Waals surface area contributed by atoms with Gasteiger partial charge in [-0.25, -0.2) is 4.52 Å². The molecule has 24 heavy (non-hydrogen) atoms. The van der Waals surface area contributed by atoms with Crippen LogP contribution in [-0.4, -0.2) is 31.3 Å². The normalized spacial score (nSPS) is 20.7. The number of hydrogen-bond acceptors (Lipinski definition) is 4. The zero-order valence-corrected chi connectivity index (χ0v) is 13.4. The van der Waals surface area contributed by atoms with E-state index in [1.807, 2.05) is 38.5 Å². The molecule has 0 spiro atoms. The van der Waals surface area contributed by atoms with Gasteiger partial charge in [0.1, 0.15) is 5.92 Å². The maximum Gasteiger partial charge on any atom is 0.244 e. The van der Waals surface area contributed by atoms with E-state index in [0.717, 1.165) is 22.3 Å². The molecule has 120 valence electrons. The van der Waals surface area contributed by atoms with Gasteiger partial charge in [-0.2, -0.15) is 15.5 Å². The highest BCUT2D eigenvalue weighted by Crippen LogP contribution is 2.34. The Kier molecular flexibility index (Phi) is 3.13. The summed E-state index contributed by atoms with van der Waals surface area (Å²) in [6.45, 7) is 1.97. The van der Waals surface area contributed by atoms with Gasteiger partial charge in [0.2, 0.25) is 5.91 Å². The lowest BCUT2D eigenvalue weighted by Gasteiger charge is -2.22. The van der Waals surface area contributed by atoms with Crippen molar-refractivity contribution in [3.63, 3.8) is 0 Å². The van der Waals surface area contributed by atoms with Crippen molar-refractivity contribution >= 4 is 17.1 Å². The van der Waals surface area contributed by atoms with Crippen molar-refractivity contribution in [3.05, 3.63) is 36.9 Å². The average molecular weight is 320 g/mol. The summed E-state index contributed by atoms with van der Waals surface area (Å²) in [7, 11) is 1.87. The van der Waals surface area contributed by atoms with E-state index in [1.54, 1.807) is 26.5 Å². The predicted molar refractivity (Wildman–Crippen MR) is 88.1 cm³/mol. The second-order valence-electron chi connectivity index (χ2n) is 6.15. The van der Waals surface area contributed by atoms with Gasteiger partial charge in [-0.15, -0.1) is 0 Å². The first-order valence-corrected chi connectivity index (χ1v) is 7.77. The third-order valence-corrected chi connectivity index (χ3v) is 4.49. The second kappa shape index (κ2) is 5.20. The molecule has 1 saturated heterocycles. The summed E-state index contributed by atoms with van der Waals surface area (Å²) in [6, 6.07) is 5.92. The molecule has 1 amide bonds. The summed E-state index contributed by atoms with van der Waals surface area (Å²) >= 11 is 0. The molecule has 0 saturated carbocycles. The summed E-state index contributed by atoms with van der Waals surface area (Å²) in [5.74, 6) is -0.705. The quantitative estimate of drug-likeness (QED) is 0.723. The van der Waals surface area contributed by atoms with E-state index in [0.29, 0.717) is 6.42 Å². The molecule has 0 aliphatic carbocycles. The van der Waals surface area contributed by atoms with Crippen molar-refractivity contribution in [1.29, 1.82) is 5.26 Å². The number of anilines is 1. The molecule has 2 unspecified atom stereocenters. The van der Waals surface area contributed by atoms with Gasteiger partial charge in [0.05, 0.1) is 23.5 Å². The van der Waals surface area contributed by atoms with Gasteiger partial charge in [0.25, 0.3) is 0 Å². The number of carbonyl (C=O) groups is 1. The summed E-state index contributed by atoms with van der Waals surface area (Å²) in [5, 5.41) is 17.7. The van der Waals surface area contributed by atoms with Gasteiger partial charge in [0.15, 0.2) is 0 Å². The molecular formula is C17H16N6O. The van der Waals surface area contributed by atoms with Crippen LogP contribution < -0.4 is 4.90 Å². The van der Waals surface area contributed by atoms with Crippen molar-refractivity contribution in [3.8, 4) is 17.2 Å². The zero-order chi connectivity index (χ0) is 16.8. The summed E-state index contributed by atoms with van der Waals surface area (Å²) in [5.41, 5.74) is 3.61. The Balaban J connectivity index is 1.84. The monoisotopic (exact) mass is 320 g/mol. The zero-order valence-electron chi connectivity index (χ0n) is 13.4. The summed E-state index contributed by atoms with van der Waals surface area (Å²) in [6.07, 6.45) is 7.88. The summed E-state index contributed by atoms with van der Waals surface area (Å²) in [4.78, 5) is 14.3. The van der Waals surface area contributed by atoms with E-state index >= 15 is 0 Å². The molecular weight excluding hydrogens is 304 g/mol. The first-order chi connectivity index (χ1) is 11.6. The van der Waals surface area contributed by atoms with Crippen LogP contribution in [0.5, 0.6) is 0 Å². The molecule has 7 nitrogen and oxygen atoms in total. The number of nitriles is 1. The fourth-order valence-electron chi connectivity index (χ4n) is 3.33. The Morgan fingerprint density at radius 1 is 1.29 bits per heavy atom. The van der Waals surface area contributed by atoms with Crippen LogP contribution in [0.2, 0.25) is 0 Å². The molecule has 7 heteroatoms. The van der Waals surface area contributed by atoms with Crippen molar-refractivity contribution in [1.82, 2.24) is 19.4 Å². The Bertz CT molecular complexity index is 979. The second-order valence-corrected chi connectivity index (χ2v) is 6.15. The van der Waals surface area contributed by atoms with Crippen LogP contribution in [0, 0.1) is 17.2 Å². The van der Waals surface area contributed by atoms with Crippen LogP contribution in [0.3, 0.4) is 0 Å². The fourth-order valence-corrected chi connectivity index (χ4v) is 3.33. The predicted octanol–water partition coefficient (Wildman–Crippen LogP) is 2.00. The lowest BCUT2D eigenvalue weighted by atomic mass is 10.1. The van der Waals surface area contributed by atoms with Gasteiger partial charge in [0, 0.05) is 42.8 Å². The van der Waals surface area contributed by atoms with Crippen molar-refractivity contribution < 1.29 is 4.79 Å². The SMILES string of the molecule is CC1CC(C#N)C(=O)N1c1ccnn2cc(-c3cnn(C)c3)cc12. The van der Waals surface area contributed by atoms with Crippen LogP contribution >= 0.6 is 0 Å². The molecule has 4 rings (SSSR count). The molecule has 2 atom stereocenters. The molecule has 0 N–H and O–H groups in total. The van der Waals surface area contributed by atoms with Crippen molar-refractivity contribution in [2.45, 2.75) is 19.4 Å².